The average Bonchev–Trinajstić information content (AvgIpc) is 2.94. The molecular formula is C15H16N2O2S. The van der Waals surface area contributed by atoms with Gasteiger partial charge < -0.3 is 10.4 Å². The van der Waals surface area contributed by atoms with Crippen LogP contribution in [0.15, 0.2) is 29.8 Å². The normalized spacial score (nSPS) is 17.7. The Hall–Kier alpha value is -1.72. The van der Waals surface area contributed by atoms with Crippen molar-refractivity contribution >= 4 is 17.3 Å². The molecule has 0 saturated carbocycles. The van der Waals surface area contributed by atoms with Crippen LogP contribution in [-0.2, 0) is 13.0 Å². The molecule has 5 heteroatoms. The maximum absolute atomic E-state index is 10.8. The maximum atomic E-state index is 10.8. The molecule has 2 aromatic heterocycles. The Labute approximate surface area is 121 Å². The summed E-state index contributed by atoms with van der Waals surface area (Å²) in [7, 11) is 0. The van der Waals surface area contributed by atoms with Crippen LogP contribution in [0.1, 0.15) is 45.4 Å². The number of nitrogens with one attached hydrogen (secondary N) is 1. The van der Waals surface area contributed by atoms with Crippen LogP contribution in [0.2, 0.25) is 0 Å². The number of aromatic carboxylic acids is 1. The lowest BCUT2D eigenvalue weighted by Gasteiger charge is -2.23. The van der Waals surface area contributed by atoms with Gasteiger partial charge in [-0.05, 0) is 48.4 Å². The molecular weight excluding hydrogens is 272 g/mol. The second-order valence-electron chi connectivity index (χ2n) is 4.97. The van der Waals surface area contributed by atoms with Gasteiger partial charge in [0.15, 0.2) is 0 Å². The van der Waals surface area contributed by atoms with Crippen molar-refractivity contribution in [1.82, 2.24) is 10.3 Å². The first kappa shape index (κ1) is 13.3. The fraction of sp³-hybridized carbons (Fsp3) is 0.333. The molecule has 1 aliphatic carbocycles. The summed E-state index contributed by atoms with van der Waals surface area (Å²) in [4.78, 5) is 16.4. The number of hydrogen-bond donors (Lipinski definition) is 2. The smallest absolute Gasteiger partial charge is 0.337 e. The van der Waals surface area contributed by atoms with Gasteiger partial charge in [0.2, 0.25) is 0 Å². The van der Waals surface area contributed by atoms with Gasteiger partial charge in [-0.25, -0.2) is 4.79 Å². The molecule has 1 aliphatic rings. The summed E-state index contributed by atoms with van der Waals surface area (Å²) in [6, 6.07) is 5.97. The van der Waals surface area contributed by atoms with Crippen LogP contribution in [0, 0.1) is 0 Å². The molecule has 0 spiro atoms. The minimum Gasteiger partial charge on any atom is -0.478 e. The van der Waals surface area contributed by atoms with Crippen molar-refractivity contribution in [3.8, 4) is 0 Å². The third-order valence-corrected chi connectivity index (χ3v) is 4.65. The Bertz CT molecular complexity index is 607. The van der Waals surface area contributed by atoms with E-state index in [1.807, 2.05) is 11.3 Å². The van der Waals surface area contributed by atoms with Crippen LogP contribution in [0.5, 0.6) is 0 Å². The fourth-order valence-electron chi connectivity index (χ4n) is 2.58. The van der Waals surface area contributed by atoms with E-state index in [9.17, 15) is 4.79 Å². The monoisotopic (exact) mass is 288 g/mol. The number of thiophene rings is 1. The van der Waals surface area contributed by atoms with Gasteiger partial charge in [0.05, 0.1) is 11.3 Å². The zero-order valence-electron chi connectivity index (χ0n) is 11.0. The molecule has 2 aromatic rings. The number of pyridine rings is 1. The molecule has 104 valence electrons. The van der Waals surface area contributed by atoms with Crippen LogP contribution in [0.25, 0.3) is 0 Å². The first-order valence-electron chi connectivity index (χ1n) is 6.72. The molecule has 0 bridgehead atoms. The Kier molecular flexibility index (Phi) is 3.80. The standard InChI is InChI=1S/C15H16N2O2S/c18-15(19)10-4-5-11(16-8-10)9-17-13-2-1-3-14-12(13)6-7-20-14/h4-8,13,17H,1-3,9H2,(H,18,19). The maximum Gasteiger partial charge on any atom is 0.337 e. The van der Waals surface area contributed by atoms with Gasteiger partial charge in [0, 0.05) is 23.7 Å². The van der Waals surface area contributed by atoms with Crippen LogP contribution in [0.4, 0.5) is 0 Å². The summed E-state index contributed by atoms with van der Waals surface area (Å²) in [6.45, 7) is 0.667. The molecule has 3 rings (SSSR count). The number of nitrogens with zero attached hydrogens (tertiary/aromatic N) is 1. The summed E-state index contributed by atoms with van der Waals surface area (Å²) in [6.07, 6.45) is 4.97. The number of carbonyl (C=O) groups is 1. The van der Waals surface area contributed by atoms with Gasteiger partial charge in [-0.1, -0.05) is 0 Å². The topological polar surface area (TPSA) is 62.2 Å². The van der Waals surface area contributed by atoms with Gasteiger partial charge in [0.25, 0.3) is 0 Å². The van der Waals surface area contributed by atoms with Crippen molar-refractivity contribution in [2.45, 2.75) is 31.8 Å². The van der Waals surface area contributed by atoms with E-state index < -0.39 is 5.97 Å². The average molecular weight is 288 g/mol. The van der Waals surface area contributed by atoms with Crippen LogP contribution in [-0.4, -0.2) is 16.1 Å². The number of rotatable bonds is 4. The van der Waals surface area contributed by atoms with E-state index in [-0.39, 0.29) is 5.56 Å². The Morgan fingerprint density at radius 1 is 1.45 bits per heavy atom. The quantitative estimate of drug-likeness (QED) is 0.908. The molecule has 2 heterocycles. The number of hydrogen-bond acceptors (Lipinski definition) is 4. The molecule has 20 heavy (non-hydrogen) atoms. The molecule has 0 aromatic carbocycles. The van der Waals surface area contributed by atoms with E-state index >= 15 is 0 Å². The van der Waals surface area contributed by atoms with E-state index in [0.29, 0.717) is 12.6 Å². The van der Waals surface area contributed by atoms with Gasteiger partial charge in [-0.3, -0.25) is 4.98 Å². The van der Waals surface area contributed by atoms with E-state index in [1.165, 1.54) is 29.5 Å². The molecule has 0 saturated heterocycles. The number of carboxylic acid groups (broad SMARTS) is 1. The zero-order valence-corrected chi connectivity index (χ0v) is 11.8. The molecule has 1 unspecified atom stereocenters. The summed E-state index contributed by atoms with van der Waals surface area (Å²) >= 11 is 1.84. The van der Waals surface area contributed by atoms with Gasteiger partial charge in [-0.2, -0.15) is 0 Å². The second-order valence-corrected chi connectivity index (χ2v) is 5.97. The van der Waals surface area contributed by atoms with Gasteiger partial charge in [0.1, 0.15) is 0 Å². The lowest BCUT2D eigenvalue weighted by atomic mass is 9.94. The number of carboxylic acids is 1. The van der Waals surface area contributed by atoms with Crippen LogP contribution in [0.3, 0.4) is 0 Å². The summed E-state index contributed by atoms with van der Waals surface area (Å²) in [5, 5.41) is 14.5. The Morgan fingerprint density at radius 3 is 3.10 bits per heavy atom. The summed E-state index contributed by atoms with van der Waals surface area (Å²) in [5.74, 6) is -0.938. The molecule has 0 radical (unpaired) electrons. The van der Waals surface area contributed by atoms with E-state index in [2.05, 4.69) is 21.7 Å². The van der Waals surface area contributed by atoms with Crippen LogP contribution >= 0.6 is 11.3 Å². The van der Waals surface area contributed by atoms with Crippen molar-refractivity contribution < 1.29 is 9.90 Å². The van der Waals surface area contributed by atoms with E-state index in [4.69, 9.17) is 5.11 Å². The second kappa shape index (κ2) is 5.73. The molecule has 0 aliphatic heterocycles. The van der Waals surface area contributed by atoms with Gasteiger partial charge >= 0.3 is 5.97 Å². The van der Waals surface area contributed by atoms with Crippen molar-refractivity contribution in [2.24, 2.45) is 0 Å². The van der Waals surface area contributed by atoms with E-state index in [0.717, 1.165) is 12.1 Å². The van der Waals surface area contributed by atoms with Crippen molar-refractivity contribution in [2.75, 3.05) is 0 Å². The molecule has 1 atom stereocenters. The molecule has 4 nitrogen and oxygen atoms in total. The highest BCUT2D eigenvalue weighted by molar-refractivity contribution is 7.10. The minimum atomic E-state index is -0.938. The van der Waals surface area contributed by atoms with Crippen molar-refractivity contribution in [3.05, 3.63) is 51.5 Å². The molecule has 0 amide bonds. The third kappa shape index (κ3) is 2.73. The summed E-state index contributed by atoms with van der Waals surface area (Å²) < 4.78 is 0. The SMILES string of the molecule is O=C(O)c1ccc(CNC2CCCc3sccc32)nc1. The first-order chi connectivity index (χ1) is 9.74. The number of aromatic nitrogens is 1. The van der Waals surface area contributed by atoms with Gasteiger partial charge in [-0.15, -0.1) is 11.3 Å². The largest absolute Gasteiger partial charge is 0.478 e. The van der Waals surface area contributed by atoms with E-state index in [1.54, 1.807) is 12.1 Å². The lowest BCUT2D eigenvalue weighted by molar-refractivity contribution is 0.0696. The zero-order chi connectivity index (χ0) is 13.9. The Balaban J connectivity index is 1.64. The highest BCUT2D eigenvalue weighted by Gasteiger charge is 2.20. The molecule has 0 fully saturated rings. The predicted octanol–water partition coefficient (Wildman–Crippen LogP) is 3.01. The van der Waals surface area contributed by atoms with Crippen molar-refractivity contribution in [1.29, 1.82) is 0 Å². The predicted molar refractivity (Wildman–Crippen MR) is 78.0 cm³/mol. The number of aryl methyl sites for hydroxylation is 1. The molecule has 2 N–H and O–H groups in total. The minimum absolute atomic E-state index is 0.228. The number of fused-ring (bicyclic) bond motifs is 1. The third-order valence-electron chi connectivity index (χ3n) is 3.65. The van der Waals surface area contributed by atoms with Crippen LogP contribution < -0.4 is 5.32 Å². The Morgan fingerprint density at radius 2 is 2.35 bits per heavy atom. The fourth-order valence-corrected chi connectivity index (χ4v) is 3.57. The lowest BCUT2D eigenvalue weighted by Crippen LogP contribution is -2.24. The highest BCUT2D eigenvalue weighted by atomic mass is 32.1. The first-order valence-corrected chi connectivity index (χ1v) is 7.60. The summed E-state index contributed by atoms with van der Waals surface area (Å²) in [5.41, 5.74) is 2.52. The van der Waals surface area contributed by atoms with Crippen molar-refractivity contribution in [3.63, 3.8) is 0 Å². The highest BCUT2D eigenvalue weighted by Crippen LogP contribution is 2.33.